The number of nitrogens with zero attached hydrogens (tertiary/aromatic N) is 3. The van der Waals surface area contributed by atoms with Crippen LogP contribution in [0.25, 0.3) is 27.9 Å². The predicted molar refractivity (Wildman–Crippen MR) is 112 cm³/mol. The van der Waals surface area contributed by atoms with Crippen molar-refractivity contribution in [3.05, 3.63) is 84.6 Å². The van der Waals surface area contributed by atoms with Crippen molar-refractivity contribution in [3.8, 4) is 16.9 Å². The summed E-state index contributed by atoms with van der Waals surface area (Å²) in [5.41, 5.74) is 5.63. The van der Waals surface area contributed by atoms with Crippen molar-refractivity contribution in [3.63, 3.8) is 0 Å². The first kappa shape index (κ1) is 17.9. The minimum atomic E-state index is -0.192. The van der Waals surface area contributed by atoms with Crippen molar-refractivity contribution in [2.24, 2.45) is 0 Å². The van der Waals surface area contributed by atoms with Crippen molar-refractivity contribution in [1.82, 2.24) is 19.7 Å². The Hall–Kier alpha value is -4.13. The van der Waals surface area contributed by atoms with E-state index in [-0.39, 0.29) is 5.91 Å². The van der Waals surface area contributed by atoms with E-state index < -0.39 is 0 Å². The van der Waals surface area contributed by atoms with Gasteiger partial charge in [-0.2, -0.15) is 0 Å². The summed E-state index contributed by atoms with van der Waals surface area (Å²) in [6.45, 7) is 0.415. The third-order valence-electron chi connectivity index (χ3n) is 5.01. The highest BCUT2D eigenvalue weighted by molar-refractivity contribution is 5.93. The summed E-state index contributed by atoms with van der Waals surface area (Å²) in [5.74, 6) is 0.589. The number of carbonyl (C=O) groups is 1. The second kappa shape index (κ2) is 7.36. The molecule has 1 amide bonds. The maximum absolute atomic E-state index is 12.8. The summed E-state index contributed by atoms with van der Waals surface area (Å²) < 4.78 is 12.3. The van der Waals surface area contributed by atoms with Crippen LogP contribution in [0.4, 0.5) is 0 Å². The zero-order valence-corrected chi connectivity index (χ0v) is 16.2. The highest BCUT2D eigenvalue weighted by Gasteiger charge is 2.13. The van der Waals surface area contributed by atoms with E-state index in [1.165, 1.54) is 6.39 Å². The summed E-state index contributed by atoms with van der Waals surface area (Å²) in [4.78, 5) is 21.3. The van der Waals surface area contributed by atoms with Crippen LogP contribution < -0.4 is 10.1 Å². The molecule has 148 valence electrons. The summed E-state index contributed by atoms with van der Waals surface area (Å²) in [7, 11) is 1.62. The van der Waals surface area contributed by atoms with Gasteiger partial charge in [0.25, 0.3) is 5.91 Å². The molecule has 7 nitrogen and oxygen atoms in total. The van der Waals surface area contributed by atoms with Gasteiger partial charge in [0.2, 0.25) is 0 Å². The van der Waals surface area contributed by atoms with Crippen LogP contribution in [-0.4, -0.2) is 27.4 Å². The topological polar surface area (TPSA) is 81.7 Å². The van der Waals surface area contributed by atoms with E-state index in [2.05, 4.69) is 15.3 Å². The number of imidazole rings is 1. The number of rotatable bonds is 5. The summed E-state index contributed by atoms with van der Waals surface area (Å²) in [5, 5.41) is 2.95. The van der Waals surface area contributed by atoms with E-state index in [1.54, 1.807) is 17.7 Å². The molecule has 0 aliphatic carbocycles. The van der Waals surface area contributed by atoms with Gasteiger partial charge in [-0.3, -0.25) is 9.20 Å². The van der Waals surface area contributed by atoms with Crippen LogP contribution in [0.1, 0.15) is 16.1 Å². The number of ether oxygens (including phenoxy) is 1. The lowest BCUT2D eigenvalue weighted by Crippen LogP contribution is -2.24. The minimum absolute atomic E-state index is 0.192. The number of nitrogens with one attached hydrogen (secondary N) is 1. The first-order chi connectivity index (χ1) is 14.7. The monoisotopic (exact) mass is 398 g/mol. The second-order valence-electron chi connectivity index (χ2n) is 6.86. The average Bonchev–Trinajstić information content (AvgIpc) is 3.43. The Morgan fingerprint density at radius 1 is 1.07 bits per heavy atom. The standard InChI is InChI=1S/C23H18N4O3/c1-29-18-6-2-15(3-7-18)11-25-23(28)20-12-24-22-9-5-17(13-27(20)22)16-4-8-21-19(10-16)26-14-30-21/h2-10,12-14H,11H2,1H3,(H,25,28). The molecule has 0 bridgehead atoms. The molecule has 0 unspecified atom stereocenters. The SMILES string of the molecule is COc1ccc(CNC(=O)c2cnc3ccc(-c4ccc5ocnc5c4)cn23)cc1. The largest absolute Gasteiger partial charge is 0.497 e. The van der Waals surface area contributed by atoms with E-state index in [4.69, 9.17) is 9.15 Å². The normalized spacial score (nSPS) is 11.1. The fourth-order valence-corrected chi connectivity index (χ4v) is 3.37. The molecule has 5 aromatic rings. The average molecular weight is 398 g/mol. The molecule has 5 rings (SSSR count). The fraction of sp³-hybridized carbons (Fsp3) is 0.0870. The quantitative estimate of drug-likeness (QED) is 0.482. The van der Waals surface area contributed by atoms with Gasteiger partial charge in [0.05, 0.1) is 13.3 Å². The lowest BCUT2D eigenvalue weighted by molar-refractivity contribution is 0.0945. The highest BCUT2D eigenvalue weighted by atomic mass is 16.5. The van der Waals surface area contributed by atoms with Crippen LogP contribution in [0.3, 0.4) is 0 Å². The van der Waals surface area contributed by atoms with Gasteiger partial charge in [-0.1, -0.05) is 18.2 Å². The van der Waals surface area contributed by atoms with Gasteiger partial charge in [0, 0.05) is 12.7 Å². The molecule has 0 radical (unpaired) electrons. The van der Waals surface area contributed by atoms with E-state index in [1.807, 2.05) is 60.8 Å². The molecule has 0 atom stereocenters. The number of methoxy groups -OCH3 is 1. The van der Waals surface area contributed by atoms with Crippen molar-refractivity contribution >= 4 is 22.7 Å². The molecule has 30 heavy (non-hydrogen) atoms. The number of benzene rings is 2. The third-order valence-corrected chi connectivity index (χ3v) is 5.01. The minimum Gasteiger partial charge on any atom is -0.497 e. The van der Waals surface area contributed by atoms with E-state index >= 15 is 0 Å². The van der Waals surface area contributed by atoms with E-state index in [0.717, 1.165) is 33.5 Å². The summed E-state index contributed by atoms with van der Waals surface area (Å²) >= 11 is 0. The van der Waals surface area contributed by atoms with Gasteiger partial charge in [-0.15, -0.1) is 0 Å². The van der Waals surface area contributed by atoms with Crippen LogP contribution in [0, 0.1) is 0 Å². The van der Waals surface area contributed by atoms with Crippen LogP contribution in [0.15, 0.2) is 77.8 Å². The molecule has 0 saturated carbocycles. The molecule has 0 aliphatic rings. The molecule has 3 heterocycles. The highest BCUT2D eigenvalue weighted by Crippen LogP contribution is 2.24. The number of hydrogen-bond donors (Lipinski definition) is 1. The summed E-state index contributed by atoms with van der Waals surface area (Å²) in [6, 6.07) is 17.3. The molecule has 7 heteroatoms. The van der Waals surface area contributed by atoms with Gasteiger partial charge in [-0.05, 0) is 53.1 Å². The number of pyridine rings is 1. The van der Waals surface area contributed by atoms with Crippen molar-refractivity contribution in [2.75, 3.05) is 7.11 Å². The molecular formula is C23H18N4O3. The van der Waals surface area contributed by atoms with Crippen molar-refractivity contribution in [1.29, 1.82) is 0 Å². The first-order valence-corrected chi connectivity index (χ1v) is 9.43. The van der Waals surface area contributed by atoms with Gasteiger partial charge in [0.15, 0.2) is 12.0 Å². The lowest BCUT2D eigenvalue weighted by Gasteiger charge is -2.08. The van der Waals surface area contributed by atoms with Crippen LogP contribution >= 0.6 is 0 Å². The lowest BCUT2D eigenvalue weighted by atomic mass is 10.1. The molecule has 2 aromatic carbocycles. The first-order valence-electron chi connectivity index (χ1n) is 9.43. The van der Waals surface area contributed by atoms with Crippen molar-refractivity contribution in [2.45, 2.75) is 6.54 Å². The van der Waals surface area contributed by atoms with E-state index in [9.17, 15) is 4.79 Å². The number of aromatic nitrogens is 3. The molecule has 0 aliphatic heterocycles. The van der Waals surface area contributed by atoms with Crippen LogP contribution in [0.2, 0.25) is 0 Å². The van der Waals surface area contributed by atoms with E-state index in [0.29, 0.717) is 17.9 Å². The Bertz CT molecular complexity index is 1350. The molecule has 3 aromatic heterocycles. The maximum atomic E-state index is 12.8. The zero-order valence-electron chi connectivity index (χ0n) is 16.2. The Kier molecular flexibility index (Phi) is 4.40. The second-order valence-corrected chi connectivity index (χ2v) is 6.86. The van der Waals surface area contributed by atoms with Gasteiger partial charge < -0.3 is 14.5 Å². The third kappa shape index (κ3) is 3.26. The maximum Gasteiger partial charge on any atom is 0.270 e. The number of amides is 1. The molecular weight excluding hydrogens is 380 g/mol. The molecule has 0 fully saturated rings. The number of hydrogen-bond acceptors (Lipinski definition) is 5. The fourth-order valence-electron chi connectivity index (χ4n) is 3.37. The number of fused-ring (bicyclic) bond motifs is 2. The number of carbonyl (C=O) groups excluding carboxylic acids is 1. The van der Waals surface area contributed by atoms with Crippen LogP contribution in [-0.2, 0) is 6.54 Å². The Labute approximate surface area is 171 Å². The molecule has 0 saturated heterocycles. The summed E-state index contributed by atoms with van der Waals surface area (Å²) in [6.07, 6.45) is 4.92. The van der Waals surface area contributed by atoms with Gasteiger partial charge in [-0.25, -0.2) is 9.97 Å². The Morgan fingerprint density at radius 2 is 1.90 bits per heavy atom. The van der Waals surface area contributed by atoms with Gasteiger partial charge >= 0.3 is 0 Å². The zero-order chi connectivity index (χ0) is 20.5. The number of oxazole rings is 1. The molecule has 0 spiro atoms. The Morgan fingerprint density at radius 3 is 2.73 bits per heavy atom. The Balaban J connectivity index is 1.41. The molecule has 1 N–H and O–H groups in total. The van der Waals surface area contributed by atoms with Crippen molar-refractivity contribution < 1.29 is 13.9 Å². The van der Waals surface area contributed by atoms with Crippen LogP contribution in [0.5, 0.6) is 5.75 Å². The smallest absolute Gasteiger partial charge is 0.270 e. The van der Waals surface area contributed by atoms with Gasteiger partial charge in [0.1, 0.15) is 22.6 Å². The predicted octanol–water partition coefficient (Wildman–Crippen LogP) is 4.08.